The third kappa shape index (κ3) is 6.60. The molecule has 1 aromatic carbocycles. The molecular formula is C18H23F3N6O. The van der Waals surface area contributed by atoms with Crippen LogP contribution < -0.4 is 20.7 Å². The van der Waals surface area contributed by atoms with Crippen molar-refractivity contribution in [2.45, 2.75) is 19.6 Å². The number of nitrogens with one attached hydrogen (secondary N) is 3. The molecule has 2 rings (SSSR count). The number of ether oxygens (including phenoxy) is 1. The number of rotatable bonds is 8. The Kier molecular flexibility index (Phi) is 7.85. The minimum absolute atomic E-state index is 0.0763. The molecule has 2 aromatic rings. The molecule has 3 N–H and O–H groups in total. The van der Waals surface area contributed by atoms with E-state index in [0.717, 1.165) is 23.6 Å². The molecule has 1 aromatic heterocycles. The highest BCUT2D eigenvalue weighted by Gasteiger charge is 2.32. The molecule has 0 bridgehead atoms. The number of aromatic nitrogens is 2. The third-order valence-corrected chi connectivity index (χ3v) is 3.59. The standard InChI is InChI=1S/C18H23F3N6O/c1-3-22-16(26-12-13-6-4-5-7-14(13)28-2)24-10-11-25-17-23-9-8-15(27-17)18(19,20)21/h4-9H,3,10-12H2,1-2H3,(H2,22,24,26)(H,23,25,27). The second kappa shape index (κ2) is 10.3. The smallest absolute Gasteiger partial charge is 0.433 e. The summed E-state index contributed by atoms with van der Waals surface area (Å²) in [6.07, 6.45) is -3.43. The zero-order valence-corrected chi connectivity index (χ0v) is 15.7. The molecule has 0 fully saturated rings. The van der Waals surface area contributed by atoms with Crippen LogP contribution in [0.15, 0.2) is 41.5 Å². The van der Waals surface area contributed by atoms with Gasteiger partial charge in [-0.15, -0.1) is 0 Å². The number of anilines is 1. The molecule has 0 amide bonds. The Balaban J connectivity index is 1.88. The molecule has 0 unspecified atom stereocenters. The minimum atomic E-state index is -4.50. The van der Waals surface area contributed by atoms with Gasteiger partial charge in [-0.2, -0.15) is 13.2 Å². The molecule has 0 saturated heterocycles. The number of methoxy groups -OCH3 is 1. The van der Waals surface area contributed by atoms with Crippen LogP contribution in [-0.4, -0.2) is 42.7 Å². The maximum Gasteiger partial charge on any atom is 0.433 e. The molecule has 0 aliphatic carbocycles. The average molecular weight is 396 g/mol. The van der Waals surface area contributed by atoms with E-state index >= 15 is 0 Å². The van der Waals surface area contributed by atoms with Crippen molar-refractivity contribution in [2.24, 2.45) is 4.99 Å². The van der Waals surface area contributed by atoms with Gasteiger partial charge < -0.3 is 20.7 Å². The fraction of sp³-hybridized carbons (Fsp3) is 0.389. The van der Waals surface area contributed by atoms with Crippen molar-refractivity contribution in [3.05, 3.63) is 47.8 Å². The number of benzene rings is 1. The Hall–Kier alpha value is -3.04. The second-order valence-corrected chi connectivity index (χ2v) is 5.62. The Morgan fingerprint density at radius 3 is 2.64 bits per heavy atom. The van der Waals surface area contributed by atoms with Gasteiger partial charge in [0.25, 0.3) is 0 Å². The van der Waals surface area contributed by atoms with Crippen molar-refractivity contribution in [1.29, 1.82) is 0 Å². The zero-order chi connectivity index (χ0) is 20.4. The molecule has 0 aliphatic heterocycles. The Labute approximate surface area is 161 Å². The van der Waals surface area contributed by atoms with E-state index in [0.29, 0.717) is 32.1 Å². The van der Waals surface area contributed by atoms with E-state index in [1.165, 1.54) is 0 Å². The number of alkyl halides is 3. The predicted molar refractivity (Wildman–Crippen MR) is 101 cm³/mol. The van der Waals surface area contributed by atoms with Gasteiger partial charge in [0, 0.05) is 31.4 Å². The monoisotopic (exact) mass is 396 g/mol. The van der Waals surface area contributed by atoms with Crippen molar-refractivity contribution < 1.29 is 17.9 Å². The Bertz CT molecular complexity index is 782. The van der Waals surface area contributed by atoms with Gasteiger partial charge in [0.1, 0.15) is 11.4 Å². The number of para-hydroxylation sites is 1. The molecule has 0 spiro atoms. The number of hydrogen-bond acceptors (Lipinski definition) is 5. The molecular weight excluding hydrogens is 373 g/mol. The van der Waals surface area contributed by atoms with Crippen molar-refractivity contribution in [1.82, 2.24) is 20.6 Å². The van der Waals surface area contributed by atoms with Crippen LogP contribution >= 0.6 is 0 Å². The summed E-state index contributed by atoms with van der Waals surface area (Å²) < 4.78 is 43.3. The lowest BCUT2D eigenvalue weighted by molar-refractivity contribution is -0.141. The summed E-state index contributed by atoms with van der Waals surface area (Å²) in [5.74, 6) is 1.26. The number of aliphatic imine (C=N–C) groups is 1. The molecule has 0 aliphatic rings. The van der Waals surface area contributed by atoms with Gasteiger partial charge in [0.15, 0.2) is 5.96 Å². The van der Waals surface area contributed by atoms with Crippen LogP contribution in [0, 0.1) is 0 Å². The maximum absolute atomic E-state index is 12.7. The highest BCUT2D eigenvalue weighted by atomic mass is 19.4. The first-order chi connectivity index (χ1) is 13.4. The van der Waals surface area contributed by atoms with E-state index < -0.39 is 11.9 Å². The molecule has 152 valence electrons. The summed E-state index contributed by atoms with van der Waals surface area (Å²) >= 11 is 0. The number of halogens is 3. The summed E-state index contributed by atoms with van der Waals surface area (Å²) in [5, 5.41) is 8.97. The van der Waals surface area contributed by atoms with Crippen LogP contribution in [0.5, 0.6) is 5.75 Å². The lowest BCUT2D eigenvalue weighted by Gasteiger charge is -2.13. The largest absolute Gasteiger partial charge is 0.496 e. The predicted octanol–water partition coefficient (Wildman–Crippen LogP) is 2.67. The highest BCUT2D eigenvalue weighted by molar-refractivity contribution is 5.79. The quantitative estimate of drug-likeness (QED) is 0.362. The first kappa shape index (κ1) is 21.3. The van der Waals surface area contributed by atoms with Gasteiger partial charge in [-0.1, -0.05) is 18.2 Å². The molecule has 0 saturated carbocycles. The molecule has 10 heteroatoms. The van der Waals surface area contributed by atoms with Crippen LogP contribution in [0.1, 0.15) is 18.2 Å². The summed E-state index contributed by atoms with van der Waals surface area (Å²) in [6, 6.07) is 8.42. The zero-order valence-electron chi connectivity index (χ0n) is 15.7. The first-order valence-corrected chi connectivity index (χ1v) is 8.72. The fourth-order valence-corrected chi connectivity index (χ4v) is 2.30. The summed E-state index contributed by atoms with van der Waals surface area (Å²) in [5.41, 5.74) is -0.0395. The summed E-state index contributed by atoms with van der Waals surface area (Å²) in [7, 11) is 1.60. The summed E-state index contributed by atoms with van der Waals surface area (Å²) in [4.78, 5) is 11.7. The van der Waals surface area contributed by atoms with Crippen LogP contribution in [-0.2, 0) is 12.7 Å². The fourth-order valence-electron chi connectivity index (χ4n) is 2.30. The van der Waals surface area contributed by atoms with Gasteiger partial charge in [-0.3, -0.25) is 0 Å². The molecule has 28 heavy (non-hydrogen) atoms. The normalized spacial score (nSPS) is 11.8. The highest BCUT2D eigenvalue weighted by Crippen LogP contribution is 2.27. The van der Waals surface area contributed by atoms with Crippen LogP contribution in [0.2, 0.25) is 0 Å². The van der Waals surface area contributed by atoms with E-state index in [1.54, 1.807) is 7.11 Å². The van der Waals surface area contributed by atoms with E-state index in [4.69, 9.17) is 4.74 Å². The van der Waals surface area contributed by atoms with Crippen molar-refractivity contribution in [3.8, 4) is 5.75 Å². The molecule has 1 heterocycles. The van der Waals surface area contributed by atoms with Gasteiger partial charge in [-0.25, -0.2) is 15.0 Å². The van der Waals surface area contributed by atoms with E-state index in [2.05, 4.69) is 30.9 Å². The van der Waals surface area contributed by atoms with Crippen LogP contribution in [0.25, 0.3) is 0 Å². The van der Waals surface area contributed by atoms with E-state index in [-0.39, 0.29) is 5.95 Å². The van der Waals surface area contributed by atoms with Gasteiger partial charge in [0.2, 0.25) is 5.95 Å². The third-order valence-electron chi connectivity index (χ3n) is 3.59. The Morgan fingerprint density at radius 1 is 1.14 bits per heavy atom. The van der Waals surface area contributed by atoms with Crippen molar-refractivity contribution in [3.63, 3.8) is 0 Å². The number of hydrogen-bond donors (Lipinski definition) is 3. The molecule has 0 radical (unpaired) electrons. The SMILES string of the molecule is CCNC(=NCc1ccccc1OC)NCCNc1nccc(C(F)(F)F)n1. The number of guanidine groups is 1. The Morgan fingerprint density at radius 2 is 1.93 bits per heavy atom. The lowest BCUT2D eigenvalue weighted by atomic mass is 10.2. The van der Waals surface area contributed by atoms with Gasteiger partial charge in [-0.05, 0) is 19.1 Å². The van der Waals surface area contributed by atoms with Gasteiger partial charge >= 0.3 is 6.18 Å². The van der Waals surface area contributed by atoms with Crippen molar-refractivity contribution >= 4 is 11.9 Å². The van der Waals surface area contributed by atoms with E-state index in [9.17, 15) is 13.2 Å². The van der Waals surface area contributed by atoms with E-state index in [1.807, 2.05) is 31.2 Å². The first-order valence-electron chi connectivity index (χ1n) is 8.72. The number of nitrogens with zero attached hydrogens (tertiary/aromatic N) is 3. The molecule has 7 nitrogen and oxygen atoms in total. The van der Waals surface area contributed by atoms with Crippen LogP contribution in [0.4, 0.5) is 19.1 Å². The maximum atomic E-state index is 12.7. The van der Waals surface area contributed by atoms with Crippen LogP contribution in [0.3, 0.4) is 0 Å². The molecule has 0 atom stereocenters. The minimum Gasteiger partial charge on any atom is -0.496 e. The second-order valence-electron chi connectivity index (χ2n) is 5.62. The lowest BCUT2D eigenvalue weighted by Crippen LogP contribution is -2.39. The van der Waals surface area contributed by atoms with Gasteiger partial charge in [0.05, 0.1) is 13.7 Å². The average Bonchev–Trinajstić information content (AvgIpc) is 2.69. The topological polar surface area (TPSA) is 83.5 Å². The summed E-state index contributed by atoms with van der Waals surface area (Å²) in [6.45, 7) is 3.76. The van der Waals surface area contributed by atoms with Crippen molar-refractivity contribution in [2.75, 3.05) is 32.1 Å².